The van der Waals surface area contributed by atoms with E-state index < -0.39 is 21.8 Å². The lowest BCUT2D eigenvalue weighted by atomic mass is 9.76. The summed E-state index contributed by atoms with van der Waals surface area (Å²) in [7, 11) is -1.94. The molecule has 1 aliphatic rings. The van der Waals surface area contributed by atoms with Gasteiger partial charge in [0.1, 0.15) is 5.60 Å². The molecule has 0 aliphatic carbocycles. The SMILES string of the molecule is c1ccc(P(OC(c2ccccc2)(c2ccccc2)C2CCN2P(c2ccccc2)c2ccccc2)c2ccccc2)cc1. The first-order valence-electron chi connectivity index (χ1n) is 15.2. The Kier molecular flexibility index (Phi) is 8.78. The highest BCUT2D eigenvalue weighted by molar-refractivity contribution is 7.71. The van der Waals surface area contributed by atoms with Crippen molar-refractivity contribution in [1.29, 1.82) is 0 Å². The molecule has 1 heterocycles. The van der Waals surface area contributed by atoms with Gasteiger partial charge in [-0.15, -0.1) is 0 Å². The molecule has 1 aliphatic heterocycles. The summed E-state index contributed by atoms with van der Waals surface area (Å²) in [5, 5.41) is 5.15. The first-order valence-corrected chi connectivity index (χ1v) is 17.8. The van der Waals surface area contributed by atoms with Gasteiger partial charge in [0.05, 0.1) is 14.2 Å². The van der Waals surface area contributed by atoms with Crippen LogP contribution in [-0.4, -0.2) is 17.3 Å². The van der Waals surface area contributed by atoms with Gasteiger partial charge in [-0.1, -0.05) is 182 Å². The zero-order valence-electron chi connectivity index (χ0n) is 24.6. The average molecular weight is 608 g/mol. The van der Waals surface area contributed by atoms with Crippen LogP contribution in [0.25, 0.3) is 0 Å². The molecule has 1 atom stereocenters. The van der Waals surface area contributed by atoms with Crippen LogP contribution >= 0.6 is 16.2 Å². The summed E-state index contributed by atoms with van der Waals surface area (Å²) in [5.74, 6) is 0. The molecule has 0 amide bonds. The van der Waals surface area contributed by atoms with E-state index in [1.807, 2.05) is 0 Å². The van der Waals surface area contributed by atoms with Crippen LogP contribution in [0.2, 0.25) is 0 Å². The van der Waals surface area contributed by atoms with Crippen molar-refractivity contribution in [1.82, 2.24) is 4.67 Å². The molecule has 6 aromatic carbocycles. The molecule has 2 nitrogen and oxygen atoms in total. The zero-order valence-corrected chi connectivity index (χ0v) is 26.4. The number of nitrogens with zero attached hydrogens (tertiary/aromatic N) is 1. The molecule has 0 N–H and O–H groups in total. The Balaban J connectivity index is 1.44. The van der Waals surface area contributed by atoms with Crippen LogP contribution in [0.1, 0.15) is 17.5 Å². The standard InChI is InChI=1S/C40H35NOP2/c1-7-19-33(20-8-1)40(34-21-9-2-10-22-34,42-44(37-27-15-5-16-28-37)38-29-17-6-18-30-38)39-31-32-41(39)43(35-23-11-3-12-24-35)36-25-13-4-14-26-36/h1-30,39H,31-32H2. The Labute approximate surface area is 263 Å². The van der Waals surface area contributed by atoms with Gasteiger partial charge in [0.2, 0.25) is 0 Å². The topological polar surface area (TPSA) is 12.5 Å². The molecule has 0 saturated carbocycles. The van der Waals surface area contributed by atoms with E-state index in [0.29, 0.717) is 0 Å². The molecule has 6 aromatic rings. The molecule has 4 heteroatoms. The highest BCUT2D eigenvalue weighted by atomic mass is 31.1. The Hall–Kier alpha value is -3.90. The van der Waals surface area contributed by atoms with Gasteiger partial charge in [-0.3, -0.25) is 4.67 Å². The molecule has 1 unspecified atom stereocenters. The second-order valence-electron chi connectivity index (χ2n) is 11.0. The van der Waals surface area contributed by atoms with Gasteiger partial charge in [-0.05, 0) is 28.2 Å². The van der Waals surface area contributed by atoms with Crippen molar-refractivity contribution in [3.05, 3.63) is 193 Å². The van der Waals surface area contributed by atoms with E-state index in [9.17, 15) is 0 Å². The van der Waals surface area contributed by atoms with Crippen molar-refractivity contribution in [3.8, 4) is 0 Å². The molecule has 44 heavy (non-hydrogen) atoms. The van der Waals surface area contributed by atoms with Crippen LogP contribution in [0, 0.1) is 0 Å². The predicted molar refractivity (Wildman–Crippen MR) is 188 cm³/mol. The summed E-state index contributed by atoms with van der Waals surface area (Å²) in [6, 6.07) is 65.7. The van der Waals surface area contributed by atoms with Crippen molar-refractivity contribution < 1.29 is 4.52 Å². The second-order valence-corrected chi connectivity index (χ2v) is 14.9. The molecule has 7 rings (SSSR count). The lowest BCUT2D eigenvalue weighted by Gasteiger charge is -2.56. The molecule has 0 aromatic heterocycles. The van der Waals surface area contributed by atoms with Gasteiger partial charge in [-0.25, -0.2) is 0 Å². The van der Waals surface area contributed by atoms with E-state index in [2.05, 4.69) is 187 Å². The van der Waals surface area contributed by atoms with Gasteiger partial charge in [0.15, 0.2) is 0 Å². The van der Waals surface area contributed by atoms with Crippen LogP contribution in [0.4, 0.5) is 0 Å². The van der Waals surface area contributed by atoms with Crippen LogP contribution < -0.4 is 21.2 Å². The summed E-state index contributed by atoms with van der Waals surface area (Å²) >= 11 is 0. The van der Waals surface area contributed by atoms with E-state index in [-0.39, 0.29) is 6.04 Å². The number of hydrogen-bond donors (Lipinski definition) is 0. The quantitative estimate of drug-likeness (QED) is 0.146. The van der Waals surface area contributed by atoms with Crippen molar-refractivity contribution >= 4 is 37.4 Å². The first kappa shape index (κ1) is 28.8. The fraction of sp³-hybridized carbons (Fsp3) is 0.100. The minimum Gasteiger partial charge on any atom is -0.332 e. The van der Waals surface area contributed by atoms with Gasteiger partial charge in [-0.2, -0.15) is 0 Å². The van der Waals surface area contributed by atoms with E-state index in [0.717, 1.165) is 13.0 Å². The summed E-state index contributed by atoms with van der Waals surface area (Å²) in [6.07, 6.45) is 1.04. The maximum absolute atomic E-state index is 7.87. The highest BCUT2D eigenvalue weighted by Crippen LogP contribution is 2.57. The molecular formula is C40H35NOP2. The number of hydrogen-bond acceptors (Lipinski definition) is 2. The largest absolute Gasteiger partial charge is 0.332 e. The monoisotopic (exact) mass is 607 g/mol. The van der Waals surface area contributed by atoms with E-state index >= 15 is 0 Å². The van der Waals surface area contributed by atoms with E-state index in [1.54, 1.807) is 0 Å². The third-order valence-corrected chi connectivity index (χ3v) is 12.9. The molecule has 1 fully saturated rings. The number of benzene rings is 6. The molecule has 216 valence electrons. The van der Waals surface area contributed by atoms with Gasteiger partial charge in [0.25, 0.3) is 0 Å². The summed E-state index contributed by atoms with van der Waals surface area (Å²) in [4.78, 5) is 0. The fourth-order valence-electron chi connectivity index (χ4n) is 6.22. The maximum Gasteiger partial charge on any atom is 0.139 e. The fourth-order valence-corrected chi connectivity index (χ4v) is 10.9. The highest BCUT2D eigenvalue weighted by Gasteiger charge is 2.53. The smallest absolute Gasteiger partial charge is 0.139 e. The van der Waals surface area contributed by atoms with Crippen LogP contribution in [0.15, 0.2) is 182 Å². The maximum atomic E-state index is 7.87. The lowest BCUT2D eigenvalue weighted by Crippen LogP contribution is -2.60. The molecular weight excluding hydrogens is 572 g/mol. The number of rotatable bonds is 10. The molecule has 1 saturated heterocycles. The van der Waals surface area contributed by atoms with Gasteiger partial charge < -0.3 is 4.52 Å². The van der Waals surface area contributed by atoms with E-state index in [4.69, 9.17) is 4.52 Å². The van der Waals surface area contributed by atoms with Crippen molar-refractivity contribution in [2.45, 2.75) is 18.1 Å². The first-order chi connectivity index (χ1) is 21.8. The van der Waals surface area contributed by atoms with Gasteiger partial charge in [0, 0.05) is 25.2 Å². The zero-order chi connectivity index (χ0) is 29.6. The Morgan fingerprint density at radius 3 is 1.14 bits per heavy atom. The minimum atomic E-state index is -1.16. The normalized spacial score (nSPS) is 15.3. The summed E-state index contributed by atoms with van der Waals surface area (Å²) < 4.78 is 10.6. The van der Waals surface area contributed by atoms with Crippen LogP contribution in [0.5, 0.6) is 0 Å². The Morgan fingerprint density at radius 2 is 0.795 bits per heavy atom. The Bertz CT molecular complexity index is 1620. The average Bonchev–Trinajstić information content (AvgIpc) is 3.10. The van der Waals surface area contributed by atoms with Crippen molar-refractivity contribution in [3.63, 3.8) is 0 Å². The molecule has 0 bridgehead atoms. The lowest BCUT2D eigenvalue weighted by molar-refractivity contribution is 0.000896. The molecule has 0 radical (unpaired) electrons. The molecule has 0 spiro atoms. The van der Waals surface area contributed by atoms with Crippen LogP contribution in [-0.2, 0) is 10.1 Å². The van der Waals surface area contributed by atoms with Gasteiger partial charge >= 0.3 is 0 Å². The third kappa shape index (κ3) is 5.68. The second kappa shape index (κ2) is 13.4. The predicted octanol–water partition coefficient (Wildman–Crippen LogP) is 8.12. The summed E-state index contributed by atoms with van der Waals surface area (Å²) in [6.45, 7) is 1.01. The van der Waals surface area contributed by atoms with Crippen molar-refractivity contribution in [2.24, 2.45) is 0 Å². The third-order valence-electron chi connectivity index (χ3n) is 8.34. The summed E-state index contributed by atoms with van der Waals surface area (Å²) in [5.41, 5.74) is 1.68. The Morgan fingerprint density at radius 1 is 0.455 bits per heavy atom. The van der Waals surface area contributed by atoms with E-state index in [1.165, 1.54) is 32.3 Å². The van der Waals surface area contributed by atoms with Crippen molar-refractivity contribution in [2.75, 3.05) is 6.54 Å². The minimum absolute atomic E-state index is 0.122. The van der Waals surface area contributed by atoms with Crippen LogP contribution in [0.3, 0.4) is 0 Å².